The Hall–Kier alpha value is -0.370. The van der Waals surface area contributed by atoms with Gasteiger partial charge in [-0.05, 0) is 52.1 Å². The van der Waals surface area contributed by atoms with Gasteiger partial charge in [-0.3, -0.25) is 0 Å². The molecule has 0 bridgehead atoms. The molecule has 1 heterocycles. The lowest BCUT2D eigenvalue weighted by Crippen LogP contribution is -2.13. The summed E-state index contributed by atoms with van der Waals surface area (Å²) in [6.07, 6.45) is 6.90. The number of nitrogens with zero attached hydrogens (tertiary/aromatic N) is 1. The summed E-state index contributed by atoms with van der Waals surface area (Å²) in [5.41, 5.74) is 0. The minimum Gasteiger partial charge on any atom is -0.306 e. The molecule has 0 aliphatic carbocycles. The molecule has 0 aromatic rings. The maximum Gasteiger partial charge on any atom is 0.0976 e. The fourth-order valence-corrected chi connectivity index (χ4v) is 2.44. The average Bonchev–Trinajstić information content (AvgIpc) is 2.94. The summed E-state index contributed by atoms with van der Waals surface area (Å²) in [6, 6.07) is 0. The fourth-order valence-electron chi connectivity index (χ4n) is 2.44. The van der Waals surface area contributed by atoms with Crippen LogP contribution in [0, 0.1) is 11.8 Å². The van der Waals surface area contributed by atoms with Gasteiger partial charge >= 0.3 is 0 Å². The maximum atomic E-state index is 12.3. The van der Waals surface area contributed by atoms with Crippen LogP contribution in [0.25, 0.3) is 0 Å². The Labute approximate surface area is 141 Å². The van der Waals surface area contributed by atoms with E-state index in [4.69, 9.17) is 0 Å². The summed E-state index contributed by atoms with van der Waals surface area (Å²) in [7, 11) is 2.20. The molecule has 0 aromatic carbocycles. The van der Waals surface area contributed by atoms with E-state index in [0.29, 0.717) is 5.92 Å². The molecule has 0 aromatic heterocycles. The van der Waals surface area contributed by atoms with Crippen molar-refractivity contribution in [3.8, 4) is 0 Å². The number of likely N-dealkylation sites (tertiary alicyclic amines) is 1. The van der Waals surface area contributed by atoms with Crippen molar-refractivity contribution in [1.82, 2.24) is 4.90 Å². The summed E-state index contributed by atoms with van der Waals surface area (Å²) in [6.45, 7) is 20.1. The van der Waals surface area contributed by atoms with Crippen molar-refractivity contribution in [2.24, 2.45) is 11.8 Å². The molecule has 1 nitrogen and oxygen atoms in total. The molecular formula is C20H44FN. The molecule has 22 heavy (non-hydrogen) atoms. The Morgan fingerprint density at radius 1 is 1.23 bits per heavy atom. The lowest BCUT2D eigenvalue weighted by atomic mass is 9.97. The molecule has 1 aliphatic rings. The molecule has 1 fully saturated rings. The number of rotatable bonds is 5. The molecule has 1 saturated heterocycles. The molecule has 0 radical (unpaired) electrons. The van der Waals surface area contributed by atoms with Gasteiger partial charge in [0.2, 0.25) is 0 Å². The van der Waals surface area contributed by atoms with Crippen LogP contribution in [0.3, 0.4) is 0 Å². The van der Waals surface area contributed by atoms with E-state index in [1.807, 2.05) is 20.8 Å². The Morgan fingerprint density at radius 2 is 1.68 bits per heavy atom. The number of halogens is 1. The SMILES string of the molecule is C=CC.CC.CCC(CC)CC(C)F.CCC1CCN(C)C1. The van der Waals surface area contributed by atoms with Crippen molar-refractivity contribution in [1.29, 1.82) is 0 Å². The zero-order chi connectivity index (χ0) is 18.0. The highest BCUT2D eigenvalue weighted by molar-refractivity contribution is 4.70. The number of alkyl halides is 1. The molecule has 2 heteroatoms. The summed E-state index contributed by atoms with van der Waals surface area (Å²) >= 11 is 0. The zero-order valence-corrected chi connectivity index (χ0v) is 16.8. The van der Waals surface area contributed by atoms with E-state index in [1.165, 1.54) is 25.9 Å². The lowest BCUT2D eigenvalue weighted by Gasteiger charge is -2.11. The van der Waals surface area contributed by atoms with E-state index in [-0.39, 0.29) is 0 Å². The van der Waals surface area contributed by atoms with Gasteiger partial charge in [-0.1, -0.05) is 60.0 Å². The normalized spacial score (nSPS) is 18.2. The van der Waals surface area contributed by atoms with Crippen LogP contribution in [0.15, 0.2) is 12.7 Å². The fraction of sp³-hybridized carbons (Fsp3) is 0.900. The van der Waals surface area contributed by atoms with E-state index in [1.54, 1.807) is 13.0 Å². The average molecular weight is 318 g/mol. The van der Waals surface area contributed by atoms with Crippen molar-refractivity contribution in [2.75, 3.05) is 20.1 Å². The quantitative estimate of drug-likeness (QED) is 0.508. The van der Waals surface area contributed by atoms with Crippen molar-refractivity contribution >= 4 is 0 Å². The summed E-state index contributed by atoms with van der Waals surface area (Å²) < 4.78 is 12.3. The molecular weight excluding hydrogens is 273 g/mol. The van der Waals surface area contributed by atoms with Crippen LogP contribution >= 0.6 is 0 Å². The first-order valence-corrected chi connectivity index (χ1v) is 9.34. The predicted molar refractivity (Wildman–Crippen MR) is 102 cm³/mol. The van der Waals surface area contributed by atoms with Gasteiger partial charge in [0.05, 0.1) is 6.17 Å². The van der Waals surface area contributed by atoms with Gasteiger partial charge in [0.15, 0.2) is 0 Å². The molecule has 1 aliphatic heterocycles. The molecule has 1 rings (SSSR count). The maximum absolute atomic E-state index is 12.3. The molecule has 0 spiro atoms. The van der Waals surface area contributed by atoms with Crippen LogP contribution in [-0.2, 0) is 0 Å². The third kappa shape index (κ3) is 19.6. The van der Waals surface area contributed by atoms with Gasteiger partial charge in [0.1, 0.15) is 0 Å². The van der Waals surface area contributed by atoms with E-state index < -0.39 is 6.17 Å². The summed E-state index contributed by atoms with van der Waals surface area (Å²) in [4.78, 5) is 2.41. The molecule has 2 unspecified atom stereocenters. The van der Waals surface area contributed by atoms with Crippen molar-refractivity contribution in [2.45, 2.75) is 86.7 Å². The second-order valence-electron chi connectivity index (χ2n) is 5.93. The standard InChI is InChI=1S/C8H17F.C7H15N.C3H6.C2H6/c1-4-8(5-2)6-7(3)9;1-3-7-4-5-8(2)6-7;1-3-2;1-2/h7-8H,4-6H2,1-3H3;7H,3-6H2,1-2H3;3H,1H2,2H3;1-2H3. The first-order chi connectivity index (χ1) is 10.4. The number of hydrogen-bond donors (Lipinski definition) is 0. The summed E-state index contributed by atoms with van der Waals surface area (Å²) in [5, 5.41) is 0. The summed E-state index contributed by atoms with van der Waals surface area (Å²) in [5.74, 6) is 1.60. The van der Waals surface area contributed by atoms with E-state index in [9.17, 15) is 4.39 Å². The van der Waals surface area contributed by atoms with Crippen molar-refractivity contribution in [3.05, 3.63) is 12.7 Å². The Bertz CT molecular complexity index is 200. The molecule has 0 saturated carbocycles. The Balaban J connectivity index is -0.000000255. The first kappa shape index (κ1) is 26.5. The van der Waals surface area contributed by atoms with E-state index >= 15 is 0 Å². The van der Waals surface area contributed by atoms with Gasteiger partial charge in [0, 0.05) is 6.54 Å². The highest BCUT2D eigenvalue weighted by atomic mass is 19.1. The Kier molecular flexibility index (Phi) is 24.9. The van der Waals surface area contributed by atoms with Crippen LogP contribution in [0.1, 0.15) is 80.6 Å². The van der Waals surface area contributed by atoms with Crippen molar-refractivity contribution in [3.63, 3.8) is 0 Å². The molecule has 2 atom stereocenters. The van der Waals surface area contributed by atoms with Crippen molar-refractivity contribution < 1.29 is 4.39 Å². The second-order valence-corrected chi connectivity index (χ2v) is 5.93. The third-order valence-electron chi connectivity index (χ3n) is 3.88. The monoisotopic (exact) mass is 317 g/mol. The van der Waals surface area contributed by atoms with Crippen LogP contribution < -0.4 is 0 Å². The number of hydrogen-bond acceptors (Lipinski definition) is 1. The highest BCUT2D eigenvalue weighted by Crippen LogP contribution is 2.16. The van der Waals surface area contributed by atoms with Gasteiger partial charge < -0.3 is 4.90 Å². The van der Waals surface area contributed by atoms with Gasteiger partial charge in [-0.15, -0.1) is 6.58 Å². The molecule has 136 valence electrons. The topological polar surface area (TPSA) is 3.24 Å². The van der Waals surface area contributed by atoms with Crippen LogP contribution in [0.4, 0.5) is 4.39 Å². The second kappa shape index (κ2) is 20.6. The minimum absolute atomic E-state index is 0.602. The largest absolute Gasteiger partial charge is 0.306 e. The van der Waals surface area contributed by atoms with Gasteiger partial charge in [-0.25, -0.2) is 4.39 Å². The van der Waals surface area contributed by atoms with Crippen LogP contribution in [0.5, 0.6) is 0 Å². The lowest BCUT2D eigenvalue weighted by molar-refractivity contribution is 0.279. The van der Waals surface area contributed by atoms with Crippen LogP contribution in [0.2, 0.25) is 0 Å². The van der Waals surface area contributed by atoms with Gasteiger partial charge in [-0.2, -0.15) is 0 Å². The number of allylic oxidation sites excluding steroid dienone is 1. The first-order valence-electron chi connectivity index (χ1n) is 9.34. The van der Waals surface area contributed by atoms with E-state index in [2.05, 4.69) is 39.3 Å². The third-order valence-corrected chi connectivity index (χ3v) is 3.88. The zero-order valence-electron chi connectivity index (χ0n) is 16.8. The van der Waals surface area contributed by atoms with Crippen LogP contribution in [-0.4, -0.2) is 31.2 Å². The van der Waals surface area contributed by atoms with Gasteiger partial charge in [0.25, 0.3) is 0 Å². The Morgan fingerprint density at radius 3 is 1.82 bits per heavy atom. The molecule has 0 N–H and O–H groups in total. The van der Waals surface area contributed by atoms with E-state index in [0.717, 1.165) is 25.2 Å². The minimum atomic E-state index is -0.616. The smallest absolute Gasteiger partial charge is 0.0976 e. The molecule has 0 amide bonds. The predicted octanol–water partition coefficient (Wildman–Crippen LogP) is 6.74. The highest BCUT2D eigenvalue weighted by Gasteiger charge is 2.16.